The monoisotopic (exact) mass is 532 g/mol. The lowest BCUT2D eigenvalue weighted by Gasteiger charge is -2.34. The van der Waals surface area contributed by atoms with E-state index in [4.69, 9.17) is 4.74 Å². The Balaban J connectivity index is 1.49. The van der Waals surface area contributed by atoms with Crippen molar-refractivity contribution in [3.05, 3.63) is 63.2 Å². The molecule has 11 heteroatoms. The maximum Gasteiger partial charge on any atom is 0.410 e. The summed E-state index contributed by atoms with van der Waals surface area (Å²) in [6.07, 6.45) is -0.223. The van der Waals surface area contributed by atoms with Crippen molar-refractivity contribution >= 4 is 34.0 Å². The van der Waals surface area contributed by atoms with E-state index < -0.39 is 30.1 Å². The van der Waals surface area contributed by atoms with Gasteiger partial charge in [-0.05, 0) is 50.7 Å². The first-order chi connectivity index (χ1) is 17.7. The summed E-state index contributed by atoms with van der Waals surface area (Å²) in [5.74, 6) is -1.15. The zero-order chi connectivity index (χ0) is 26.3. The molecule has 0 bridgehead atoms. The van der Waals surface area contributed by atoms with Crippen LogP contribution in [0.1, 0.15) is 80.6 Å². The third-order valence-electron chi connectivity index (χ3n) is 6.84. The first-order valence-corrected chi connectivity index (χ1v) is 13.1. The standard InChI is InChI=1S/C26H27F3N4O3S/c1-3-36-25(35)21-16-6-4-5-7-19(16)37-24(21)32-23(34)17-13-30-33-20(26(27,28)29)12-18(31-22(17)33)15-10-8-14(2)9-11-15/h8-11,13,18,20,31H,3-7,12H2,1-2H3,(H,32,34)/t18-,20+/m1/s1. The van der Waals surface area contributed by atoms with Crippen LogP contribution in [0.3, 0.4) is 0 Å². The molecule has 196 valence electrons. The SMILES string of the molecule is CCOC(=O)c1c(NC(=O)c2cnn3c2N[C@@H](c2ccc(C)cc2)C[C@H]3C(F)(F)F)sc2c1CCCC2. The Morgan fingerprint density at radius 2 is 1.95 bits per heavy atom. The molecule has 2 N–H and O–H groups in total. The van der Waals surface area contributed by atoms with Crippen LogP contribution in [-0.4, -0.2) is 34.4 Å². The van der Waals surface area contributed by atoms with Gasteiger partial charge in [-0.1, -0.05) is 29.8 Å². The summed E-state index contributed by atoms with van der Waals surface area (Å²) in [6.45, 7) is 3.80. The van der Waals surface area contributed by atoms with Gasteiger partial charge in [-0.25, -0.2) is 9.48 Å². The Labute approximate surface area is 216 Å². The van der Waals surface area contributed by atoms with Crippen molar-refractivity contribution in [1.82, 2.24) is 9.78 Å². The normalized spacial score (nSPS) is 18.9. The number of ether oxygens (including phenoxy) is 1. The largest absolute Gasteiger partial charge is 0.462 e. The van der Waals surface area contributed by atoms with Crippen LogP contribution in [0.4, 0.5) is 24.0 Å². The van der Waals surface area contributed by atoms with Gasteiger partial charge in [0.05, 0.1) is 24.4 Å². The maximum atomic E-state index is 14.0. The molecule has 7 nitrogen and oxygen atoms in total. The fraction of sp³-hybridized carbons (Fsp3) is 0.423. The van der Waals surface area contributed by atoms with E-state index in [0.29, 0.717) is 22.5 Å². The van der Waals surface area contributed by atoms with Crippen LogP contribution >= 0.6 is 11.3 Å². The lowest BCUT2D eigenvalue weighted by atomic mass is 9.95. The number of anilines is 2. The van der Waals surface area contributed by atoms with Gasteiger partial charge in [0.2, 0.25) is 0 Å². The van der Waals surface area contributed by atoms with Crippen LogP contribution in [0.5, 0.6) is 0 Å². The van der Waals surface area contributed by atoms with Crippen LogP contribution in [0, 0.1) is 6.92 Å². The summed E-state index contributed by atoms with van der Waals surface area (Å²) >= 11 is 1.32. The number of esters is 1. The van der Waals surface area contributed by atoms with Crippen molar-refractivity contribution in [2.24, 2.45) is 0 Å². The summed E-state index contributed by atoms with van der Waals surface area (Å²) < 4.78 is 48.2. The molecule has 0 radical (unpaired) electrons. The minimum absolute atomic E-state index is 0.00402. The number of carbonyl (C=O) groups excluding carboxylic acids is 2. The molecule has 3 aromatic rings. The van der Waals surface area contributed by atoms with Crippen molar-refractivity contribution in [1.29, 1.82) is 0 Å². The number of hydrogen-bond donors (Lipinski definition) is 2. The lowest BCUT2D eigenvalue weighted by Crippen LogP contribution is -2.36. The first kappa shape index (κ1) is 25.3. The number of amides is 1. The zero-order valence-electron chi connectivity index (χ0n) is 20.4. The average Bonchev–Trinajstić information content (AvgIpc) is 3.44. The van der Waals surface area contributed by atoms with Crippen LogP contribution in [0.2, 0.25) is 0 Å². The number of carbonyl (C=O) groups is 2. The van der Waals surface area contributed by atoms with Gasteiger partial charge in [0.1, 0.15) is 16.4 Å². The van der Waals surface area contributed by atoms with Gasteiger partial charge in [0, 0.05) is 11.3 Å². The molecule has 2 aromatic heterocycles. The van der Waals surface area contributed by atoms with Gasteiger partial charge >= 0.3 is 12.1 Å². The van der Waals surface area contributed by atoms with E-state index in [1.807, 2.05) is 19.1 Å². The van der Waals surface area contributed by atoms with Crippen molar-refractivity contribution < 1.29 is 27.5 Å². The molecule has 2 atom stereocenters. The van der Waals surface area contributed by atoms with Crippen LogP contribution in [0.25, 0.3) is 0 Å². The minimum atomic E-state index is -4.55. The van der Waals surface area contributed by atoms with Crippen molar-refractivity contribution in [3.8, 4) is 0 Å². The molecule has 2 aliphatic rings. The molecule has 0 saturated heterocycles. The third-order valence-corrected chi connectivity index (χ3v) is 8.05. The molecule has 0 fully saturated rings. The number of halogens is 3. The van der Waals surface area contributed by atoms with Gasteiger partial charge < -0.3 is 15.4 Å². The number of nitrogens with one attached hydrogen (secondary N) is 2. The molecule has 37 heavy (non-hydrogen) atoms. The predicted molar refractivity (Wildman–Crippen MR) is 134 cm³/mol. The molecule has 1 amide bonds. The average molecular weight is 533 g/mol. The highest BCUT2D eigenvalue weighted by atomic mass is 32.1. The number of benzene rings is 1. The van der Waals surface area contributed by atoms with Crippen molar-refractivity contribution in [3.63, 3.8) is 0 Å². The molecular formula is C26H27F3N4O3S. The van der Waals surface area contributed by atoms with E-state index in [-0.39, 0.29) is 24.4 Å². The number of alkyl halides is 3. The molecule has 1 aromatic carbocycles. The number of aryl methyl sites for hydroxylation is 2. The summed E-state index contributed by atoms with van der Waals surface area (Å²) in [5, 5.41) is 10.2. The summed E-state index contributed by atoms with van der Waals surface area (Å²) in [4.78, 5) is 27.2. The van der Waals surface area contributed by atoms with E-state index in [2.05, 4.69) is 15.7 Å². The summed E-state index contributed by atoms with van der Waals surface area (Å²) in [5.41, 5.74) is 2.89. The quantitative estimate of drug-likeness (QED) is 0.381. The number of thiophene rings is 1. The Morgan fingerprint density at radius 1 is 1.22 bits per heavy atom. The van der Waals surface area contributed by atoms with Gasteiger partial charge in [0.25, 0.3) is 5.91 Å². The highest BCUT2D eigenvalue weighted by Gasteiger charge is 2.47. The molecule has 1 aliphatic heterocycles. The molecule has 5 rings (SSSR count). The van der Waals surface area contributed by atoms with Gasteiger partial charge in [-0.2, -0.15) is 18.3 Å². The highest BCUT2D eigenvalue weighted by molar-refractivity contribution is 7.17. The van der Waals surface area contributed by atoms with E-state index >= 15 is 0 Å². The van der Waals surface area contributed by atoms with Gasteiger partial charge in [-0.3, -0.25) is 4.79 Å². The number of rotatable bonds is 5. The van der Waals surface area contributed by atoms with E-state index in [1.54, 1.807) is 19.1 Å². The fourth-order valence-electron chi connectivity index (χ4n) is 4.99. The molecule has 3 heterocycles. The second-order valence-electron chi connectivity index (χ2n) is 9.34. The maximum absolute atomic E-state index is 14.0. The number of hydrogen-bond acceptors (Lipinski definition) is 6. The molecule has 0 saturated carbocycles. The van der Waals surface area contributed by atoms with E-state index in [1.165, 1.54) is 11.3 Å². The summed E-state index contributed by atoms with van der Waals surface area (Å²) in [7, 11) is 0. The topological polar surface area (TPSA) is 85.2 Å². The van der Waals surface area contributed by atoms with E-state index in [0.717, 1.165) is 46.1 Å². The van der Waals surface area contributed by atoms with E-state index in [9.17, 15) is 22.8 Å². The minimum Gasteiger partial charge on any atom is -0.462 e. The molecule has 0 unspecified atom stereocenters. The smallest absolute Gasteiger partial charge is 0.410 e. The number of nitrogens with zero attached hydrogens (tertiary/aromatic N) is 2. The Bertz CT molecular complexity index is 1330. The Kier molecular flexibility index (Phi) is 6.74. The van der Waals surface area contributed by atoms with Crippen molar-refractivity contribution in [2.45, 2.75) is 64.2 Å². The number of fused-ring (bicyclic) bond motifs is 2. The van der Waals surface area contributed by atoms with Crippen LogP contribution < -0.4 is 10.6 Å². The summed E-state index contributed by atoms with van der Waals surface area (Å²) in [6, 6.07) is 4.71. The fourth-order valence-corrected chi connectivity index (χ4v) is 6.26. The van der Waals surface area contributed by atoms with Gasteiger partial charge in [-0.15, -0.1) is 11.3 Å². The second-order valence-corrected chi connectivity index (χ2v) is 10.4. The van der Waals surface area contributed by atoms with Gasteiger partial charge in [0.15, 0.2) is 6.04 Å². The third kappa shape index (κ3) is 4.84. The molecular weight excluding hydrogens is 505 g/mol. The Hall–Kier alpha value is -3.34. The second kappa shape index (κ2) is 9.85. The first-order valence-electron chi connectivity index (χ1n) is 12.3. The zero-order valence-corrected chi connectivity index (χ0v) is 21.3. The number of aromatic nitrogens is 2. The van der Waals surface area contributed by atoms with Crippen LogP contribution in [0.15, 0.2) is 30.5 Å². The predicted octanol–water partition coefficient (Wildman–Crippen LogP) is 6.22. The lowest BCUT2D eigenvalue weighted by molar-refractivity contribution is -0.173. The Morgan fingerprint density at radius 3 is 2.65 bits per heavy atom. The molecule has 1 aliphatic carbocycles. The molecule has 0 spiro atoms. The van der Waals surface area contributed by atoms with Crippen molar-refractivity contribution in [2.75, 3.05) is 17.2 Å². The van der Waals surface area contributed by atoms with Crippen LogP contribution in [-0.2, 0) is 17.6 Å². The highest BCUT2D eigenvalue weighted by Crippen LogP contribution is 2.45.